The second-order valence-electron chi connectivity index (χ2n) is 5.34. The Bertz CT molecular complexity index is 423. The minimum atomic E-state index is -0.297. The van der Waals surface area contributed by atoms with E-state index < -0.39 is 0 Å². The van der Waals surface area contributed by atoms with E-state index in [1.165, 1.54) is 11.1 Å². The zero-order valence-corrected chi connectivity index (χ0v) is 14.7. The fraction of sp³-hybridized carbons (Fsp3) is 0.647. The molecular weight excluding hydrogens is 282 g/mol. The molecule has 120 valence electrons. The molecule has 1 aromatic carbocycles. The highest BCUT2D eigenvalue weighted by Crippen LogP contribution is 2.29. The highest BCUT2D eigenvalue weighted by atomic mass is 32.2. The number of rotatable bonds is 9. The van der Waals surface area contributed by atoms with Gasteiger partial charge in [0.05, 0.1) is 12.7 Å². The van der Waals surface area contributed by atoms with Gasteiger partial charge in [0.1, 0.15) is 5.75 Å². The molecule has 3 atom stereocenters. The zero-order chi connectivity index (χ0) is 15.8. The number of hydrogen-bond acceptors (Lipinski definition) is 4. The van der Waals surface area contributed by atoms with Crippen LogP contribution in [0.1, 0.15) is 51.8 Å². The van der Waals surface area contributed by atoms with E-state index in [0.717, 1.165) is 18.0 Å². The van der Waals surface area contributed by atoms with Crippen LogP contribution in [0.4, 0.5) is 0 Å². The van der Waals surface area contributed by atoms with Gasteiger partial charge in [-0.05, 0) is 45.0 Å². The average molecular weight is 311 g/mol. The number of hydrogen-bond donors (Lipinski definition) is 2. The topological polar surface area (TPSA) is 41.5 Å². The van der Waals surface area contributed by atoms with Gasteiger partial charge in [0.15, 0.2) is 0 Å². The number of nitrogens with one attached hydrogen (secondary N) is 1. The van der Waals surface area contributed by atoms with Gasteiger partial charge < -0.3 is 15.2 Å². The highest BCUT2D eigenvalue weighted by Gasteiger charge is 2.13. The minimum Gasteiger partial charge on any atom is -0.494 e. The summed E-state index contributed by atoms with van der Waals surface area (Å²) in [5.74, 6) is 1.81. The Morgan fingerprint density at radius 3 is 2.52 bits per heavy atom. The lowest BCUT2D eigenvalue weighted by molar-refractivity contribution is 0.196. The third-order valence-electron chi connectivity index (χ3n) is 3.58. The van der Waals surface area contributed by atoms with Crippen molar-refractivity contribution in [3.63, 3.8) is 0 Å². The summed E-state index contributed by atoms with van der Waals surface area (Å²) in [6.07, 6.45) is -0.297. The summed E-state index contributed by atoms with van der Waals surface area (Å²) < 4.78 is 5.73. The van der Waals surface area contributed by atoms with Crippen LogP contribution in [0.15, 0.2) is 18.2 Å². The van der Waals surface area contributed by atoms with Gasteiger partial charge in [-0.25, -0.2) is 0 Å². The Kier molecular flexibility index (Phi) is 8.15. The Hall–Kier alpha value is -0.710. The third kappa shape index (κ3) is 5.89. The summed E-state index contributed by atoms with van der Waals surface area (Å²) in [5.41, 5.74) is 2.48. The van der Waals surface area contributed by atoms with Crippen molar-refractivity contribution in [3.05, 3.63) is 29.3 Å². The van der Waals surface area contributed by atoms with Gasteiger partial charge in [-0.2, -0.15) is 11.8 Å². The minimum absolute atomic E-state index is 0.217. The molecule has 1 aromatic rings. The first kappa shape index (κ1) is 18.3. The van der Waals surface area contributed by atoms with Crippen molar-refractivity contribution in [2.75, 3.05) is 13.2 Å². The van der Waals surface area contributed by atoms with Crippen LogP contribution in [0.2, 0.25) is 0 Å². The van der Waals surface area contributed by atoms with Gasteiger partial charge in [0, 0.05) is 22.6 Å². The normalized spacial score (nSPS) is 15.5. The molecule has 3 nitrogen and oxygen atoms in total. The van der Waals surface area contributed by atoms with Crippen LogP contribution in [0, 0.1) is 0 Å². The predicted octanol–water partition coefficient (Wildman–Crippen LogP) is 3.76. The highest BCUT2D eigenvalue weighted by molar-refractivity contribution is 7.99. The Morgan fingerprint density at radius 1 is 1.24 bits per heavy atom. The third-order valence-corrected chi connectivity index (χ3v) is 4.97. The van der Waals surface area contributed by atoms with E-state index in [1.807, 2.05) is 13.8 Å². The van der Waals surface area contributed by atoms with Crippen molar-refractivity contribution in [2.24, 2.45) is 0 Å². The standard InChI is InChI=1S/C17H29NO2S/c1-6-18-12(3)15-8-9-17(20-7-2)16(10-15)11-21-14(5)13(4)19/h8-10,12-14,18-19H,6-7,11H2,1-5H3. The van der Waals surface area contributed by atoms with Gasteiger partial charge in [-0.15, -0.1) is 0 Å². The monoisotopic (exact) mass is 311 g/mol. The largest absolute Gasteiger partial charge is 0.494 e. The fourth-order valence-corrected chi connectivity index (χ4v) is 3.01. The maximum absolute atomic E-state index is 9.62. The van der Waals surface area contributed by atoms with Gasteiger partial charge in [0.2, 0.25) is 0 Å². The van der Waals surface area contributed by atoms with Crippen molar-refractivity contribution in [1.29, 1.82) is 0 Å². The second-order valence-corrected chi connectivity index (χ2v) is 6.70. The molecule has 21 heavy (non-hydrogen) atoms. The molecule has 3 unspecified atom stereocenters. The van der Waals surface area contributed by atoms with Gasteiger partial charge in [0.25, 0.3) is 0 Å². The average Bonchev–Trinajstić information content (AvgIpc) is 2.46. The lowest BCUT2D eigenvalue weighted by Gasteiger charge is -2.19. The smallest absolute Gasteiger partial charge is 0.123 e. The molecule has 0 bridgehead atoms. The number of aliphatic hydroxyl groups is 1. The summed E-state index contributed by atoms with van der Waals surface area (Å²) >= 11 is 1.76. The molecule has 0 aliphatic heterocycles. The predicted molar refractivity (Wildman–Crippen MR) is 92.1 cm³/mol. The summed E-state index contributed by atoms with van der Waals surface area (Å²) in [7, 11) is 0. The molecule has 0 aliphatic rings. The molecule has 0 saturated carbocycles. The first-order chi connectivity index (χ1) is 9.99. The van der Waals surface area contributed by atoms with E-state index in [2.05, 4.69) is 44.3 Å². The number of benzene rings is 1. The summed E-state index contributed by atoms with van der Waals surface area (Å²) in [6, 6.07) is 6.75. The van der Waals surface area contributed by atoms with E-state index in [1.54, 1.807) is 11.8 Å². The first-order valence-corrected chi connectivity index (χ1v) is 8.83. The Labute approximate surface area is 133 Å². The van der Waals surface area contributed by atoms with Crippen molar-refractivity contribution in [2.45, 2.75) is 57.8 Å². The van der Waals surface area contributed by atoms with E-state index in [4.69, 9.17) is 4.74 Å². The molecule has 1 rings (SSSR count). The molecule has 2 N–H and O–H groups in total. The van der Waals surface area contributed by atoms with Crippen molar-refractivity contribution >= 4 is 11.8 Å². The summed E-state index contributed by atoms with van der Waals surface area (Å²) in [4.78, 5) is 0. The molecule has 0 aliphatic carbocycles. The molecule has 4 heteroatoms. The first-order valence-electron chi connectivity index (χ1n) is 7.78. The Balaban J connectivity index is 2.87. The van der Waals surface area contributed by atoms with Crippen molar-refractivity contribution in [3.8, 4) is 5.75 Å². The maximum atomic E-state index is 9.62. The molecule has 0 fully saturated rings. The molecular formula is C17H29NO2S. The number of thioether (sulfide) groups is 1. The molecule has 0 aromatic heterocycles. The zero-order valence-electron chi connectivity index (χ0n) is 13.8. The van der Waals surface area contributed by atoms with Crippen LogP contribution in [0.25, 0.3) is 0 Å². The van der Waals surface area contributed by atoms with Crippen LogP contribution >= 0.6 is 11.8 Å². The number of aliphatic hydroxyl groups excluding tert-OH is 1. The van der Waals surface area contributed by atoms with E-state index in [0.29, 0.717) is 12.6 Å². The van der Waals surface area contributed by atoms with Crippen molar-refractivity contribution < 1.29 is 9.84 Å². The summed E-state index contributed by atoms with van der Waals surface area (Å²) in [5, 5.41) is 13.3. The molecule has 0 amide bonds. The number of ether oxygens (including phenoxy) is 1. The van der Waals surface area contributed by atoms with E-state index in [9.17, 15) is 5.11 Å². The van der Waals surface area contributed by atoms with Crippen LogP contribution in [-0.4, -0.2) is 29.6 Å². The van der Waals surface area contributed by atoms with Crippen LogP contribution in [-0.2, 0) is 5.75 Å². The lowest BCUT2D eigenvalue weighted by Crippen LogP contribution is -2.18. The van der Waals surface area contributed by atoms with E-state index >= 15 is 0 Å². The van der Waals surface area contributed by atoms with Crippen LogP contribution < -0.4 is 10.1 Å². The van der Waals surface area contributed by atoms with E-state index in [-0.39, 0.29) is 11.4 Å². The SMILES string of the molecule is CCNC(C)c1ccc(OCC)c(CSC(C)C(C)O)c1. The Morgan fingerprint density at radius 2 is 1.95 bits per heavy atom. The van der Waals surface area contributed by atoms with Gasteiger partial charge in [-0.1, -0.05) is 19.9 Å². The second kappa shape index (κ2) is 9.34. The van der Waals surface area contributed by atoms with Crippen LogP contribution in [0.3, 0.4) is 0 Å². The quantitative estimate of drug-likeness (QED) is 0.728. The fourth-order valence-electron chi connectivity index (χ4n) is 2.06. The maximum Gasteiger partial charge on any atom is 0.123 e. The molecule has 0 spiro atoms. The molecule has 0 radical (unpaired) electrons. The van der Waals surface area contributed by atoms with Crippen molar-refractivity contribution in [1.82, 2.24) is 5.32 Å². The van der Waals surface area contributed by atoms with Crippen LogP contribution in [0.5, 0.6) is 5.75 Å². The molecule has 0 heterocycles. The summed E-state index contributed by atoms with van der Waals surface area (Å²) in [6.45, 7) is 11.8. The van der Waals surface area contributed by atoms with Gasteiger partial charge in [-0.3, -0.25) is 0 Å². The van der Waals surface area contributed by atoms with Gasteiger partial charge >= 0.3 is 0 Å². The molecule has 0 saturated heterocycles. The lowest BCUT2D eigenvalue weighted by atomic mass is 10.0.